The standard InChI is InChI=1S/C26H37ClN2O2Si.C20H23ClN2O2/c1-25(2,3)32(4,5)31-26(16-14-21(15-17-26)20-10-7-6-8-11-20)19-24(29-30)28-23-13-9-12-22(27)18-23;21-17-7-4-8-18(13-17)22-19(23-25)14-20(24)11-9-16(10-12-20)15-5-2-1-3-6-15/h6-13,18,21,30H,14-17,19H2,1-5H3,(H,28,29);1-8,13,16,24-25H,9-12,14H2,(H,22,23). The number of nitrogens with zero attached hydrogens (tertiary/aromatic N) is 2. The van der Waals surface area contributed by atoms with E-state index in [1.807, 2.05) is 24.3 Å². The summed E-state index contributed by atoms with van der Waals surface area (Å²) in [6, 6.07) is 35.7. The third kappa shape index (κ3) is 13.0. The zero-order chi connectivity index (χ0) is 41.1. The highest BCUT2D eigenvalue weighted by atomic mass is 35.5. The van der Waals surface area contributed by atoms with Gasteiger partial charge in [-0.15, -0.1) is 0 Å². The van der Waals surface area contributed by atoms with Crippen LogP contribution in [0, 0.1) is 0 Å². The molecule has 8 nitrogen and oxygen atoms in total. The lowest BCUT2D eigenvalue weighted by Gasteiger charge is -2.48. The van der Waals surface area contributed by atoms with Crippen LogP contribution in [0.3, 0.4) is 0 Å². The van der Waals surface area contributed by atoms with Gasteiger partial charge in [0, 0.05) is 22.9 Å². The molecule has 4 aromatic rings. The summed E-state index contributed by atoms with van der Waals surface area (Å²) in [6.45, 7) is 11.4. The average Bonchev–Trinajstić information content (AvgIpc) is 3.18. The highest BCUT2D eigenvalue weighted by molar-refractivity contribution is 6.74. The average molecular weight is 832 g/mol. The number of halogens is 2. The molecule has 4 aromatic carbocycles. The van der Waals surface area contributed by atoms with Crippen LogP contribution in [-0.4, -0.2) is 46.7 Å². The normalized spacial score (nSPS) is 23.3. The van der Waals surface area contributed by atoms with Crippen LogP contribution in [0.1, 0.15) is 108 Å². The third-order valence-corrected chi connectivity index (χ3v) is 17.0. The molecule has 11 heteroatoms. The van der Waals surface area contributed by atoms with Crippen LogP contribution in [0.5, 0.6) is 0 Å². The Kier molecular flexibility index (Phi) is 15.6. The molecular formula is C46H60Cl2N4O4Si. The molecule has 0 amide bonds. The summed E-state index contributed by atoms with van der Waals surface area (Å²) in [6.07, 6.45) is 8.06. The van der Waals surface area contributed by atoms with Gasteiger partial charge in [0.25, 0.3) is 0 Å². The molecule has 306 valence electrons. The van der Waals surface area contributed by atoms with Crippen LogP contribution >= 0.6 is 23.2 Å². The fraction of sp³-hybridized carbons (Fsp3) is 0.435. The summed E-state index contributed by atoms with van der Waals surface area (Å²) in [5.74, 6) is 1.90. The van der Waals surface area contributed by atoms with Crippen molar-refractivity contribution in [3.63, 3.8) is 0 Å². The quantitative estimate of drug-likeness (QED) is 0.0470. The molecule has 57 heavy (non-hydrogen) atoms. The number of aliphatic hydroxyl groups is 1. The van der Waals surface area contributed by atoms with Crippen molar-refractivity contribution in [2.75, 3.05) is 0 Å². The number of amidine groups is 2. The Morgan fingerprint density at radius 3 is 1.49 bits per heavy atom. The molecule has 2 saturated carbocycles. The summed E-state index contributed by atoms with van der Waals surface area (Å²) < 4.78 is 7.09. The number of hydrogen-bond acceptors (Lipinski definition) is 6. The molecule has 0 atom stereocenters. The molecule has 2 aliphatic rings. The van der Waals surface area contributed by atoms with E-state index in [2.05, 4.69) is 109 Å². The Morgan fingerprint density at radius 1 is 0.667 bits per heavy atom. The molecule has 2 fully saturated rings. The molecule has 0 bridgehead atoms. The Labute approximate surface area is 350 Å². The van der Waals surface area contributed by atoms with Gasteiger partial charge in [-0.2, -0.15) is 0 Å². The van der Waals surface area contributed by atoms with E-state index < -0.39 is 13.9 Å². The fourth-order valence-electron chi connectivity index (χ4n) is 7.83. The molecule has 0 heterocycles. The fourth-order valence-corrected chi connectivity index (χ4v) is 9.86. The zero-order valence-electron chi connectivity index (χ0n) is 34.0. The minimum atomic E-state index is -2.03. The SMILES string of the molecule is CC(C)(C)[Si](C)(C)OC1(CC(=Nc2cccc(Cl)c2)NO)CCC(c2ccccc2)CC1.ONC(CC1(O)CCC(c2ccccc2)CC1)=Nc1cccc(Cl)c1. The summed E-state index contributed by atoms with van der Waals surface area (Å²) >= 11 is 12.1. The number of aliphatic imine (C=N–C) groups is 2. The van der Waals surface area contributed by atoms with Crippen molar-refractivity contribution in [1.82, 2.24) is 11.0 Å². The molecule has 0 aliphatic heterocycles. The van der Waals surface area contributed by atoms with Gasteiger partial charge in [-0.05, 0) is 129 Å². The van der Waals surface area contributed by atoms with Crippen molar-refractivity contribution in [3.05, 3.63) is 130 Å². The highest BCUT2D eigenvalue weighted by Crippen LogP contribution is 2.47. The predicted molar refractivity (Wildman–Crippen MR) is 237 cm³/mol. The van der Waals surface area contributed by atoms with E-state index in [-0.39, 0.29) is 17.1 Å². The first-order chi connectivity index (χ1) is 27.1. The van der Waals surface area contributed by atoms with Gasteiger partial charge in [0.05, 0.1) is 22.6 Å². The number of nitrogens with one attached hydrogen (secondary N) is 2. The van der Waals surface area contributed by atoms with Crippen LogP contribution < -0.4 is 11.0 Å². The molecule has 0 spiro atoms. The minimum Gasteiger partial charge on any atom is -0.411 e. The van der Waals surface area contributed by atoms with Crippen LogP contribution in [0.25, 0.3) is 0 Å². The van der Waals surface area contributed by atoms with Gasteiger partial charge in [-0.25, -0.2) is 9.98 Å². The topological polar surface area (TPSA) is 119 Å². The van der Waals surface area contributed by atoms with Crippen LogP contribution in [0.4, 0.5) is 11.4 Å². The van der Waals surface area contributed by atoms with E-state index in [0.29, 0.717) is 58.5 Å². The molecule has 0 saturated heterocycles. The molecule has 0 aromatic heterocycles. The monoisotopic (exact) mass is 830 g/mol. The third-order valence-electron chi connectivity index (χ3n) is 12.0. The number of benzene rings is 4. The van der Waals surface area contributed by atoms with Gasteiger partial charge >= 0.3 is 0 Å². The lowest BCUT2D eigenvalue weighted by Crippen LogP contribution is -2.52. The van der Waals surface area contributed by atoms with Crippen molar-refractivity contribution in [2.45, 2.75) is 126 Å². The van der Waals surface area contributed by atoms with Gasteiger partial charge in [0.1, 0.15) is 11.7 Å². The molecule has 2 aliphatic carbocycles. The number of hydroxylamine groups is 2. The summed E-state index contributed by atoms with van der Waals surface area (Å²) in [5, 5.41) is 31.6. The van der Waals surface area contributed by atoms with E-state index >= 15 is 0 Å². The summed E-state index contributed by atoms with van der Waals surface area (Å²) in [7, 11) is -2.03. The molecule has 5 N–H and O–H groups in total. The first-order valence-electron chi connectivity index (χ1n) is 20.1. The van der Waals surface area contributed by atoms with E-state index in [0.717, 1.165) is 44.2 Å². The molecular weight excluding hydrogens is 772 g/mol. The van der Waals surface area contributed by atoms with Crippen LogP contribution in [0.15, 0.2) is 119 Å². The van der Waals surface area contributed by atoms with E-state index in [1.54, 1.807) is 30.3 Å². The second-order valence-electron chi connectivity index (χ2n) is 17.3. The van der Waals surface area contributed by atoms with E-state index in [1.165, 1.54) is 11.1 Å². The second-order valence-corrected chi connectivity index (χ2v) is 22.9. The largest absolute Gasteiger partial charge is 0.411 e. The summed E-state index contributed by atoms with van der Waals surface area (Å²) in [5.41, 5.74) is 7.39. The molecule has 6 rings (SSSR count). The lowest BCUT2D eigenvalue weighted by molar-refractivity contribution is 0.00360. The van der Waals surface area contributed by atoms with Gasteiger partial charge in [-0.1, -0.05) is 117 Å². The zero-order valence-corrected chi connectivity index (χ0v) is 36.5. The van der Waals surface area contributed by atoms with Crippen molar-refractivity contribution >= 4 is 54.6 Å². The Bertz CT molecular complexity index is 1920. The van der Waals surface area contributed by atoms with Crippen LogP contribution in [0.2, 0.25) is 28.2 Å². The Hall–Kier alpha value is -3.54. The number of hydrogen-bond donors (Lipinski definition) is 5. The maximum absolute atomic E-state index is 10.9. The van der Waals surface area contributed by atoms with Crippen molar-refractivity contribution in [2.24, 2.45) is 9.98 Å². The van der Waals surface area contributed by atoms with Gasteiger partial charge in [0.15, 0.2) is 8.32 Å². The minimum absolute atomic E-state index is 0.104. The molecule has 0 radical (unpaired) electrons. The lowest BCUT2D eigenvalue weighted by atomic mass is 9.74. The van der Waals surface area contributed by atoms with E-state index in [4.69, 9.17) is 27.6 Å². The Balaban J connectivity index is 0.000000224. The smallest absolute Gasteiger partial charge is 0.192 e. The second kappa shape index (κ2) is 19.9. The van der Waals surface area contributed by atoms with E-state index in [9.17, 15) is 15.5 Å². The van der Waals surface area contributed by atoms with Crippen molar-refractivity contribution < 1.29 is 19.9 Å². The molecule has 0 unspecified atom stereocenters. The van der Waals surface area contributed by atoms with Gasteiger partial charge < -0.3 is 9.53 Å². The van der Waals surface area contributed by atoms with Gasteiger partial charge in [-0.3, -0.25) is 21.4 Å². The first-order valence-corrected chi connectivity index (χ1v) is 23.8. The number of rotatable bonds is 10. The van der Waals surface area contributed by atoms with Crippen molar-refractivity contribution in [3.8, 4) is 0 Å². The maximum atomic E-state index is 10.9. The summed E-state index contributed by atoms with van der Waals surface area (Å²) in [4.78, 5) is 9.02. The Morgan fingerprint density at radius 2 is 1.09 bits per heavy atom. The van der Waals surface area contributed by atoms with Gasteiger partial charge in [0.2, 0.25) is 0 Å². The predicted octanol–water partition coefficient (Wildman–Crippen LogP) is 12.7. The van der Waals surface area contributed by atoms with Crippen molar-refractivity contribution in [1.29, 1.82) is 0 Å². The van der Waals surface area contributed by atoms with Crippen LogP contribution in [-0.2, 0) is 4.43 Å². The maximum Gasteiger partial charge on any atom is 0.192 e. The highest BCUT2D eigenvalue weighted by Gasteiger charge is 2.47. The first kappa shape index (κ1) is 44.6.